The van der Waals surface area contributed by atoms with Gasteiger partial charge in [-0.05, 0) is 6.07 Å². The molecular formula is C9H7ClFKN2O2. The van der Waals surface area contributed by atoms with Crippen LogP contribution in [0.5, 0.6) is 0 Å². The van der Waals surface area contributed by atoms with E-state index in [0.717, 1.165) is 6.20 Å². The number of fused-ring (bicyclic) bond motifs is 1. The van der Waals surface area contributed by atoms with Crippen molar-refractivity contribution in [2.75, 3.05) is 0 Å². The Bertz CT molecular complexity index is 503. The van der Waals surface area contributed by atoms with Gasteiger partial charge in [-0.3, -0.25) is 9.78 Å². The zero-order chi connectivity index (χ0) is 11.0. The first-order valence-electron chi connectivity index (χ1n) is 4.12. The summed E-state index contributed by atoms with van der Waals surface area (Å²) in [7, 11) is 0. The van der Waals surface area contributed by atoms with Crippen molar-refractivity contribution in [3.8, 4) is 11.4 Å². The molecule has 0 unspecified atom stereocenters. The van der Waals surface area contributed by atoms with Gasteiger partial charge in [0.15, 0.2) is 0 Å². The van der Waals surface area contributed by atoms with Crippen molar-refractivity contribution in [3.63, 3.8) is 0 Å². The summed E-state index contributed by atoms with van der Waals surface area (Å²) in [5.41, 5.74) is 0.699. The Morgan fingerprint density at radius 1 is 1.62 bits per heavy atom. The monoisotopic (exact) mass is 268 g/mol. The van der Waals surface area contributed by atoms with Crippen molar-refractivity contribution in [1.29, 1.82) is 0 Å². The number of aromatic nitrogens is 2. The maximum absolute atomic E-state index is 13.3. The number of hydrogen-bond acceptors (Lipinski definition) is 2. The number of carbonyl (C=O) groups is 1. The molecule has 0 aromatic carbocycles. The number of nitrogens with zero attached hydrogens (tertiary/aromatic N) is 2. The Kier molecular flexibility index (Phi) is 4.90. The molecule has 0 saturated heterocycles. The number of aliphatic carboxylic acids is 1. The average Bonchev–Trinajstić information content (AvgIpc) is 2.56. The van der Waals surface area contributed by atoms with Crippen LogP contribution in [-0.4, -0.2) is 72.2 Å². The molecule has 0 amide bonds. The second-order valence-electron chi connectivity index (χ2n) is 3.03. The Hall–Kier alpha value is 0.0164. The number of pyridine rings is 1. The van der Waals surface area contributed by atoms with Crippen LogP contribution in [0.1, 0.15) is 5.56 Å². The van der Waals surface area contributed by atoms with Crippen LogP contribution < -0.4 is 0 Å². The van der Waals surface area contributed by atoms with Crippen LogP contribution in [0, 0.1) is 0 Å². The molecule has 80 valence electrons. The topological polar surface area (TPSA) is 55.1 Å². The fourth-order valence-electron chi connectivity index (χ4n) is 1.41. The summed E-state index contributed by atoms with van der Waals surface area (Å²) in [6.07, 6.45) is 2.17. The van der Waals surface area contributed by atoms with Crippen LogP contribution in [0.4, 0.5) is 4.48 Å². The van der Waals surface area contributed by atoms with E-state index in [0.29, 0.717) is 15.4 Å². The van der Waals surface area contributed by atoms with Gasteiger partial charge in [-0.2, -0.15) is 4.79 Å². The first-order valence-corrected chi connectivity index (χ1v) is 4.50. The van der Waals surface area contributed by atoms with E-state index in [1.54, 1.807) is 0 Å². The molecule has 0 aliphatic carbocycles. The van der Waals surface area contributed by atoms with E-state index in [2.05, 4.69) is 4.98 Å². The molecule has 2 heterocycles. The van der Waals surface area contributed by atoms with Gasteiger partial charge in [0.25, 0.3) is 0 Å². The number of rotatable bonds is 2. The first-order chi connectivity index (χ1) is 7.09. The molecule has 4 nitrogen and oxygen atoms in total. The minimum absolute atomic E-state index is 0. The van der Waals surface area contributed by atoms with Crippen molar-refractivity contribution in [2.45, 2.75) is 6.42 Å². The quantitative estimate of drug-likeness (QED) is 0.837. The van der Waals surface area contributed by atoms with E-state index in [1.165, 1.54) is 12.3 Å². The molecule has 0 atom stereocenters. The number of hydrogen-bond donors (Lipinski definition) is 1. The summed E-state index contributed by atoms with van der Waals surface area (Å²) in [5.74, 6) is -1.04. The predicted molar refractivity (Wildman–Crippen MR) is 58.9 cm³/mol. The van der Waals surface area contributed by atoms with Crippen molar-refractivity contribution < 1.29 is 14.4 Å². The van der Waals surface area contributed by atoms with Crippen LogP contribution in [0.25, 0.3) is 11.4 Å². The van der Waals surface area contributed by atoms with Gasteiger partial charge < -0.3 is 5.11 Å². The van der Waals surface area contributed by atoms with Crippen molar-refractivity contribution in [1.82, 2.24) is 9.77 Å². The van der Waals surface area contributed by atoms with Crippen molar-refractivity contribution >= 4 is 69.0 Å². The van der Waals surface area contributed by atoms with Crippen LogP contribution in [0.2, 0.25) is 5.02 Å². The average molecular weight is 269 g/mol. The number of halogens is 2. The molecule has 7 heteroatoms. The van der Waals surface area contributed by atoms with Crippen molar-refractivity contribution in [2.24, 2.45) is 0 Å². The van der Waals surface area contributed by atoms with E-state index in [4.69, 9.17) is 16.7 Å². The Morgan fingerprint density at radius 2 is 2.31 bits per heavy atom. The molecule has 0 fully saturated rings. The van der Waals surface area contributed by atoms with Crippen LogP contribution >= 0.6 is 11.6 Å². The van der Waals surface area contributed by atoms with Gasteiger partial charge in [-0.15, -0.1) is 0 Å². The molecule has 0 spiro atoms. The minimum atomic E-state index is -1.04. The SMILES string of the molecule is O=C(O)Cc1cnc2c(Cl)ccn(F)c1-2.[KH]. The normalized spacial score (nSPS) is 10.1. The van der Waals surface area contributed by atoms with E-state index in [9.17, 15) is 9.28 Å². The molecule has 0 aromatic rings. The first kappa shape index (κ1) is 14.1. The Morgan fingerprint density at radius 3 is 2.94 bits per heavy atom. The Balaban J connectivity index is 0.00000128. The summed E-state index contributed by atoms with van der Waals surface area (Å²) in [4.78, 5) is 14.7. The summed E-state index contributed by atoms with van der Waals surface area (Å²) in [6.45, 7) is 0. The summed E-state index contributed by atoms with van der Waals surface area (Å²) < 4.78 is 13.3. The van der Waals surface area contributed by atoms with Gasteiger partial charge in [-0.25, -0.2) is 0 Å². The van der Waals surface area contributed by atoms with E-state index < -0.39 is 5.97 Å². The van der Waals surface area contributed by atoms with Gasteiger partial charge in [0, 0.05) is 18.0 Å². The molecule has 2 aliphatic rings. The summed E-state index contributed by atoms with van der Waals surface area (Å²) >= 11 is 5.79. The number of carboxylic acid groups (broad SMARTS) is 1. The molecule has 0 radical (unpaired) electrons. The Labute approximate surface area is 138 Å². The standard InChI is InChI=1S/C9H6ClFN2O2.K.H/c10-6-1-2-13(11)9-5(3-7(14)15)4-12-8(6)9;;/h1-2,4H,3H2,(H,14,15);;. The molecule has 16 heavy (non-hydrogen) atoms. The third-order valence-electron chi connectivity index (χ3n) is 2.01. The van der Waals surface area contributed by atoms with Crippen LogP contribution in [0.15, 0.2) is 18.5 Å². The summed E-state index contributed by atoms with van der Waals surface area (Å²) in [5, 5.41) is 8.91. The fraction of sp³-hybridized carbons (Fsp3) is 0.111. The van der Waals surface area contributed by atoms with Gasteiger partial charge in [0.1, 0.15) is 11.4 Å². The molecule has 0 aromatic heterocycles. The number of carboxylic acids is 1. The fourth-order valence-corrected chi connectivity index (χ4v) is 1.60. The van der Waals surface area contributed by atoms with E-state index in [-0.39, 0.29) is 69.2 Å². The second-order valence-corrected chi connectivity index (χ2v) is 3.43. The van der Waals surface area contributed by atoms with E-state index in [1.807, 2.05) is 0 Å². The molecule has 2 aliphatic heterocycles. The van der Waals surface area contributed by atoms with Crippen LogP contribution in [0.3, 0.4) is 0 Å². The molecule has 1 N–H and O–H groups in total. The molecule has 0 saturated carbocycles. The molecule has 2 rings (SSSR count). The van der Waals surface area contributed by atoms with Gasteiger partial charge in [-0.1, -0.05) is 16.1 Å². The van der Waals surface area contributed by atoms with Gasteiger partial charge in [0.2, 0.25) is 0 Å². The predicted octanol–water partition coefficient (Wildman–Crippen LogP) is 1.35. The zero-order valence-corrected chi connectivity index (χ0v) is 8.20. The summed E-state index contributed by atoms with van der Waals surface area (Å²) in [6, 6.07) is 1.36. The zero-order valence-electron chi connectivity index (χ0n) is 7.44. The second kappa shape index (κ2) is 5.57. The van der Waals surface area contributed by atoms with Crippen molar-refractivity contribution in [3.05, 3.63) is 29.0 Å². The van der Waals surface area contributed by atoms with Gasteiger partial charge in [0.05, 0.1) is 11.4 Å². The van der Waals surface area contributed by atoms with E-state index >= 15 is 0 Å². The molecular weight excluding hydrogens is 262 g/mol. The third-order valence-corrected chi connectivity index (χ3v) is 2.32. The third kappa shape index (κ3) is 2.64. The van der Waals surface area contributed by atoms with Crippen LogP contribution in [-0.2, 0) is 11.2 Å². The maximum atomic E-state index is 13.3. The van der Waals surface area contributed by atoms with Gasteiger partial charge >= 0.3 is 57.4 Å². The molecule has 0 bridgehead atoms.